The molecule has 0 aliphatic carbocycles. The van der Waals surface area contributed by atoms with Crippen LogP contribution in [0.15, 0.2) is 24.3 Å². The molecule has 0 saturated carbocycles. The molecule has 3 unspecified atom stereocenters. The fourth-order valence-corrected chi connectivity index (χ4v) is 4.19. The second-order valence-corrected chi connectivity index (χ2v) is 10.8. The Hall–Kier alpha value is -2.57. The summed E-state index contributed by atoms with van der Waals surface area (Å²) in [5.41, 5.74) is 1.11. The molecule has 36 heavy (non-hydrogen) atoms. The number of alkyl carbamates (subject to hydrolysis) is 1. The van der Waals surface area contributed by atoms with Crippen LogP contribution in [0.5, 0.6) is 0 Å². The summed E-state index contributed by atoms with van der Waals surface area (Å²) in [6.07, 6.45) is 6.26. The molecule has 0 heterocycles. The fraction of sp³-hybridized carbons (Fsp3) is 0.690. The summed E-state index contributed by atoms with van der Waals surface area (Å²) in [7, 11) is 0. The first-order valence-electron chi connectivity index (χ1n) is 13.6. The number of nitrogens with one attached hydrogen (secondary N) is 2. The molecule has 1 aromatic rings. The molecule has 0 fully saturated rings. The topological polar surface area (TPSA) is 87.7 Å². The van der Waals surface area contributed by atoms with Gasteiger partial charge in [-0.05, 0) is 59.9 Å². The minimum atomic E-state index is -0.844. The molecule has 7 heteroatoms. The number of amides is 3. The zero-order valence-corrected chi connectivity index (χ0v) is 23.8. The van der Waals surface area contributed by atoms with E-state index in [1.165, 1.54) is 0 Å². The van der Waals surface area contributed by atoms with Gasteiger partial charge in [0.1, 0.15) is 17.7 Å². The summed E-state index contributed by atoms with van der Waals surface area (Å²) in [6.45, 7) is 15.6. The molecular formula is C29H49N3O4. The molecule has 204 valence electrons. The molecule has 0 aromatic heterocycles. The minimum Gasteiger partial charge on any atom is -0.444 e. The van der Waals surface area contributed by atoms with Crippen LogP contribution in [-0.4, -0.2) is 47.0 Å². The van der Waals surface area contributed by atoms with Crippen molar-refractivity contribution >= 4 is 17.9 Å². The lowest BCUT2D eigenvalue weighted by atomic mass is 9.99. The van der Waals surface area contributed by atoms with E-state index in [0.29, 0.717) is 6.54 Å². The van der Waals surface area contributed by atoms with Crippen LogP contribution in [0.1, 0.15) is 111 Å². The van der Waals surface area contributed by atoms with Crippen molar-refractivity contribution in [2.45, 2.75) is 124 Å². The summed E-state index contributed by atoms with van der Waals surface area (Å²) in [5.74, 6) is -0.505. The Labute approximate surface area is 218 Å². The van der Waals surface area contributed by atoms with Crippen molar-refractivity contribution < 1.29 is 19.1 Å². The first-order chi connectivity index (χ1) is 16.9. The molecule has 0 saturated heterocycles. The SMILES string of the molecule is CCCCCCCN(C(=O)C(C)NC(=O)OC(C)(C)C)C(C(=O)NC(C)CCC)c1cccc(C)c1. The van der Waals surface area contributed by atoms with E-state index < -0.39 is 23.8 Å². The highest BCUT2D eigenvalue weighted by molar-refractivity contribution is 5.92. The monoisotopic (exact) mass is 503 g/mol. The highest BCUT2D eigenvalue weighted by Crippen LogP contribution is 2.25. The Morgan fingerprint density at radius 1 is 0.972 bits per heavy atom. The second kappa shape index (κ2) is 15.5. The Bertz CT molecular complexity index is 834. The molecule has 1 rings (SSSR count). The third-order valence-electron chi connectivity index (χ3n) is 5.92. The van der Waals surface area contributed by atoms with Crippen molar-refractivity contribution in [3.05, 3.63) is 35.4 Å². The lowest BCUT2D eigenvalue weighted by molar-refractivity contribution is -0.142. The average Bonchev–Trinajstić information content (AvgIpc) is 2.76. The number of rotatable bonds is 14. The summed E-state index contributed by atoms with van der Waals surface area (Å²) >= 11 is 0. The normalized spacial score (nSPS) is 13.9. The van der Waals surface area contributed by atoms with E-state index in [1.807, 2.05) is 38.1 Å². The van der Waals surface area contributed by atoms with Crippen molar-refractivity contribution in [1.29, 1.82) is 0 Å². The van der Waals surface area contributed by atoms with Gasteiger partial charge in [-0.25, -0.2) is 4.79 Å². The Balaban J connectivity index is 3.29. The van der Waals surface area contributed by atoms with E-state index >= 15 is 0 Å². The largest absolute Gasteiger partial charge is 0.444 e. The lowest BCUT2D eigenvalue weighted by Gasteiger charge is -2.34. The molecule has 0 aliphatic rings. The summed E-state index contributed by atoms with van der Waals surface area (Å²) in [4.78, 5) is 41.4. The van der Waals surface area contributed by atoms with Gasteiger partial charge in [0.15, 0.2) is 0 Å². The van der Waals surface area contributed by atoms with Crippen molar-refractivity contribution in [1.82, 2.24) is 15.5 Å². The molecule has 3 atom stereocenters. The Morgan fingerprint density at radius 2 is 1.64 bits per heavy atom. The third-order valence-corrected chi connectivity index (χ3v) is 5.92. The van der Waals surface area contributed by atoms with E-state index in [0.717, 1.165) is 56.1 Å². The third kappa shape index (κ3) is 11.4. The van der Waals surface area contributed by atoms with Gasteiger partial charge in [0.25, 0.3) is 0 Å². The van der Waals surface area contributed by atoms with E-state index in [9.17, 15) is 14.4 Å². The predicted octanol–water partition coefficient (Wildman–Crippen LogP) is 6.05. The number of aryl methyl sites for hydroxylation is 1. The van der Waals surface area contributed by atoms with Crippen LogP contribution in [0.2, 0.25) is 0 Å². The second-order valence-electron chi connectivity index (χ2n) is 10.8. The van der Waals surface area contributed by atoms with Crippen LogP contribution in [-0.2, 0) is 14.3 Å². The van der Waals surface area contributed by atoms with Crippen LogP contribution >= 0.6 is 0 Å². The van der Waals surface area contributed by atoms with E-state index in [2.05, 4.69) is 24.5 Å². The maximum Gasteiger partial charge on any atom is 0.408 e. The molecule has 0 bridgehead atoms. The van der Waals surface area contributed by atoms with Crippen LogP contribution in [0.4, 0.5) is 4.79 Å². The van der Waals surface area contributed by atoms with E-state index in [-0.39, 0.29) is 17.9 Å². The van der Waals surface area contributed by atoms with E-state index in [4.69, 9.17) is 4.74 Å². The van der Waals surface area contributed by atoms with Gasteiger partial charge in [-0.3, -0.25) is 9.59 Å². The summed E-state index contributed by atoms with van der Waals surface area (Å²) < 4.78 is 5.35. The minimum absolute atomic E-state index is 0.00590. The fourth-order valence-electron chi connectivity index (χ4n) is 4.19. The number of unbranched alkanes of at least 4 members (excludes halogenated alkanes) is 4. The van der Waals surface area contributed by atoms with Crippen molar-refractivity contribution in [2.75, 3.05) is 6.54 Å². The van der Waals surface area contributed by atoms with Crippen LogP contribution in [0.3, 0.4) is 0 Å². The number of hydrogen-bond acceptors (Lipinski definition) is 4. The molecule has 0 spiro atoms. The predicted molar refractivity (Wildman–Crippen MR) is 146 cm³/mol. The van der Waals surface area contributed by atoms with Crippen LogP contribution in [0, 0.1) is 6.92 Å². The molecule has 3 amide bonds. The smallest absolute Gasteiger partial charge is 0.408 e. The van der Waals surface area contributed by atoms with E-state index in [1.54, 1.807) is 32.6 Å². The van der Waals surface area contributed by atoms with Crippen molar-refractivity contribution in [3.63, 3.8) is 0 Å². The Kier molecular flexibility index (Phi) is 13.6. The number of carbonyl (C=O) groups excluding carboxylic acids is 3. The van der Waals surface area contributed by atoms with Crippen molar-refractivity contribution in [2.24, 2.45) is 0 Å². The van der Waals surface area contributed by atoms with Gasteiger partial charge in [-0.2, -0.15) is 0 Å². The number of hydrogen-bond donors (Lipinski definition) is 2. The van der Waals surface area contributed by atoms with Gasteiger partial charge in [-0.1, -0.05) is 75.8 Å². The molecule has 7 nitrogen and oxygen atoms in total. The highest BCUT2D eigenvalue weighted by atomic mass is 16.6. The summed E-state index contributed by atoms with van der Waals surface area (Å²) in [6, 6.07) is 6.10. The zero-order chi connectivity index (χ0) is 27.3. The standard InChI is InChI=1S/C29H49N3O4/c1-9-11-12-13-14-19-32(27(34)23(5)31-28(35)36-29(6,7)8)25(24-18-15-17-21(3)20-24)26(33)30-22(4)16-10-2/h15,17-18,20,22-23,25H,9-14,16,19H2,1-8H3,(H,30,33)(H,31,35). The lowest BCUT2D eigenvalue weighted by Crippen LogP contribution is -2.52. The molecule has 1 aromatic carbocycles. The Morgan fingerprint density at radius 3 is 2.22 bits per heavy atom. The van der Waals surface area contributed by atoms with Crippen LogP contribution in [0.25, 0.3) is 0 Å². The number of benzene rings is 1. The molecule has 2 N–H and O–H groups in total. The first-order valence-corrected chi connectivity index (χ1v) is 13.6. The number of carbonyl (C=O) groups is 3. The van der Waals surface area contributed by atoms with Gasteiger partial charge in [0, 0.05) is 12.6 Å². The van der Waals surface area contributed by atoms with Gasteiger partial charge in [-0.15, -0.1) is 0 Å². The number of nitrogens with zero attached hydrogens (tertiary/aromatic N) is 1. The van der Waals surface area contributed by atoms with Gasteiger partial charge in [0.2, 0.25) is 11.8 Å². The van der Waals surface area contributed by atoms with Crippen molar-refractivity contribution in [3.8, 4) is 0 Å². The summed E-state index contributed by atoms with van der Waals surface area (Å²) in [5, 5.41) is 5.77. The number of ether oxygens (including phenoxy) is 1. The van der Waals surface area contributed by atoms with Gasteiger partial charge < -0.3 is 20.3 Å². The average molecular weight is 504 g/mol. The molecule has 0 aliphatic heterocycles. The highest BCUT2D eigenvalue weighted by Gasteiger charge is 2.35. The quantitative estimate of drug-likeness (QED) is 0.302. The first kappa shape index (κ1) is 31.5. The van der Waals surface area contributed by atoms with Gasteiger partial charge in [0.05, 0.1) is 0 Å². The maximum absolute atomic E-state index is 13.8. The van der Waals surface area contributed by atoms with Crippen LogP contribution < -0.4 is 10.6 Å². The van der Waals surface area contributed by atoms with Gasteiger partial charge >= 0.3 is 6.09 Å². The zero-order valence-electron chi connectivity index (χ0n) is 23.8. The molecular weight excluding hydrogens is 454 g/mol. The maximum atomic E-state index is 13.8. The molecule has 0 radical (unpaired) electrons.